The van der Waals surface area contributed by atoms with Crippen LogP contribution in [0.15, 0.2) is 30.6 Å². The van der Waals surface area contributed by atoms with Gasteiger partial charge in [-0.15, -0.1) is 0 Å². The molecule has 9 nitrogen and oxygen atoms in total. The SMILES string of the molecule is CNc1ncnc(Nc2ccccc2C(=O)OC)c1[N+](=O)[O-]. The Bertz CT molecular complexity index is 719. The van der Waals surface area contributed by atoms with Gasteiger partial charge in [0, 0.05) is 7.05 Å². The number of carbonyl (C=O) groups is 1. The van der Waals surface area contributed by atoms with E-state index in [9.17, 15) is 14.9 Å². The first-order valence-electron chi connectivity index (χ1n) is 6.20. The highest BCUT2D eigenvalue weighted by atomic mass is 16.6. The van der Waals surface area contributed by atoms with Crippen LogP contribution in [0.5, 0.6) is 0 Å². The van der Waals surface area contributed by atoms with Crippen molar-refractivity contribution < 1.29 is 14.5 Å². The number of anilines is 3. The Morgan fingerprint density at radius 2 is 1.95 bits per heavy atom. The number of rotatable bonds is 5. The van der Waals surface area contributed by atoms with E-state index in [4.69, 9.17) is 0 Å². The predicted molar refractivity (Wildman–Crippen MR) is 79.3 cm³/mol. The summed E-state index contributed by atoms with van der Waals surface area (Å²) in [6.45, 7) is 0. The lowest BCUT2D eigenvalue weighted by molar-refractivity contribution is -0.383. The summed E-state index contributed by atoms with van der Waals surface area (Å²) >= 11 is 0. The maximum atomic E-state index is 11.7. The number of methoxy groups -OCH3 is 1. The monoisotopic (exact) mass is 303 g/mol. The van der Waals surface area contributed by atoms with Gasteiger partial charge in [-0.1, -0.05) is 12.1 Å². The fourth-order valence-electron chi connectivity index (χ4n) is 1.83. The quantitative estimate of drug-likeness (QED) is 0.488. The number of benzene rings is 1. The molecule has 0 saturated heterocycles. The Morgan fingerprint density at radius 3 is 2.59 bits per heavy atom. The summed E-state index contributed by atoms with van der Waals surface area (Å²) in [5.41, 5.74) is 0.270. The van der Waals surface area contributed by atoms with Gasteiger partial charge < -0.3 is 15.4 Å². The second-order valence-electron chi connectivity index (χ2n) is 4.09. The second kappa shape index (κ2) is 6.48. The average Bonchev–Trinajstić information content (AvgIpc) is 2.54. The molecular weight excluding hydrogens is 290 g/mol. The average molecular weight is 303 g/mol. The van der Waals surface area contributed by atoms with E-state index in [-0.39, 0.29) is 22.9 Å². The van der Waals surface area contributed by atoms with E-state index in [1.807, 2.05) is 0 Å². The minimum atomic E-state index is -0.602. The van der Waals surface area contributed by atoms with Crippen LogP contribution >= 0.6 is 0 Å². The number of ether oxygens (including phenoxy) is 1. The Labute approximate surface area is 125 Å². The Balaban J connectivity index is 2.48. The van der Waals surface area contributed by atoms with E-state index in [2.05, 4.69) is 25.3 Å². The van der Waals surface area contributed by atoms with Crippen molar-refractivity contribution in [2.45, 2.75) is 0 Å². The standard InChI is InChI=1S/C13H13N5O4/c1-14-11-10(18(20)21)12(16-7-15-11)17-9-6-4-3-5-8(9)13(19)22-2/h3-7H,1-2H3,(H2,14,15,16,17). The van der Waals surface area contributed by atoms with Crippen LogP contribution in [0.25, 0.3) is 0 Å². The van der Waals surface area contributed by atoms with Crippen molar-refractivity contribution in [1.82, 2.24) is 9.97 Å². The molecule has 1 heterocycles. The number of carbonyl (C=O) groups excluding carboxylic acids is 1. The Morgan fingerprint density at radius 1 is 1.27 bits per heavy atom. The van der Waals surface area contributed by atoms with Gasteiger partial charge in [-0.2, -0.15) is 0 Å². The summed E-state index contributed by atoms with van der Waals surface area (Å²) in [7, 11) is 2.77. The first-order chi connectivity index (χ1) is 10.6. The van der Waals surface area contributed by atoms with Crippen molar-refractivity contribution in [2.75, 3.05) is 24.8 Å². The lowest BCUT2D eigenvalue weighted by atomic mass is 10.2. The molecule has 0 fully saturated rings. The predicted octanol–water partition coefficient (Wildman–Crippen LogP) is 1.96. The van der Waals surface area contributed by atoms with Crippen molar-refractivity contribution in [3.05, 3.63) is 46.3 Å². The largest absolute Gasteiger partial charge is 0.465 e. The van der Waals surface area contributed by atoms with Crippen molar-refractivity contribution in [3.8, 4) is 0 Å². The summed E-state index contributed by atoms with van der Waals surface area (Å²) in [5.74, 6) is -0.521. The van der Waals surface area contributed by atoms with Crippen molar-refractivity contribution in [3.63, 3.8) is 0 Å². The molecule has 0 aliphatic rings. The van der Waals surface area contributed by atoms with Gasteiger partial charge in [0.1, 0.15) is 6.33 Å². The van der Waals surface area contributed by atoms with Crippen molar-refractivity contribution >= 4 is 29.0 Å². The molecule has 2 aromatic rings. The van der Waals surface area contributed by atoms with Crippen molar-refractivity contribution in [1.29, 1.82) is 0 Å². The zero-order valence-electron chi connectivity index (χ0n) is 11.9. The molecule has 114 valence electrons. The fraction of sp³-hybridized carbons (Fsp3) is 0.154. The molecule has 22 heavy (non-hydrogen) atoms. The van der Waals surface area contributed by atoms with E-state index in [1.54, 1.807) is 24.3 Å². The molecule has 2 rings (SSSR count). The molecule has 0 aliphatic carbocycles. The summed E-state index contributed by atoms with van der Waals surface area (Å²) in [6, 6.07) is 6.48. The number of nitrogens with one attached hydrogen (secondary N) is 2. The molecule has 1 aromatic carbocycles. The van der Waals surface area contributed by atoms with Crippen LogP contribution in [0.3, 0.4) is 0 Å². The molecule has 2 N–H and O–H groups in total. The summed E-state index contributed by atoms with van der Waals surface area (Å²) in [4.78, 5) is 30.0. The van der Waals surface area contributed by atoms with Crippen LogP contribution in [0.1, 0.15) is 10.4 Å². The number of para-hydroxylation sites is 1. The van der Waals surface area contributed by atoms with Gasteiger partial charge >= 0.3 is 11.7 Å². The van der Waals surface area contributed by atoms with Crippen LogP contribution in [0, 0.1) is 10.1 Å². The molecule has 0 atom stereocenters. The maximum absolute atomic E-state index is 11.7. The fourth-order valence-corrected chi connectivity index (χ4v) is 1.83. The van der Waals surface area contributed by atoms with Crippen LogP contribution in [0.4, 0.5) is 23.0 Å². The first kappa shape index (κ1) is 15.2. The van der Waals surface area contributed by atoms with E-state index >= 15 is 0 Å². The summed E-state index contributed by atoms with van der Waals surface area (Å²) in [6.07, 6.45) is 1.18. The number of nitrogens with zero attached hydrogens (tertiary/aromatic N) is 3. The van der Waals surface area contributed by atoms with Gasteiger partial charge in [-0.25, -0.2) is 14.8 Å². The zero-order valence-corrected chi connectivity index (χ0v) is 11.9. The topological polar surface area (TPSA) is 119 Å². The van der Waals surface area contributed by atoms with E-state index in [1.165, 1.54) is 20.5 Å². The second-order valence-corrected chi connectivity index (χ2v) is 4.09. The molecular formula is C13H13N5O4. The maximum Gasteiger partial charge on any atom is 0.353 e. The highest BCUT2D eigenvalue weighted by Gasteiger charge is 2.23. The summed E-state index contributed by atoms with van der Waals surface area (Å²) in [5, 5.41) is 16.6. The molecule has 0 saturated carbocycles. The summed E-state index contributed by atoms with van der Waals surface area (Å²) < 4.78 is 4.68. The van der Waals surface area contributed by atoms with Crippen LogP contribution in [0.2, 0.25) is 0 Å². The zero-order chi connectivity index (χ0) is 16.1. The third kappa shape index (κ3) is 2.92. The lowest BCUT2D eigenvalue weighted by Gasteiger charge is -2.11. The lowest BCUT2D eigenvalue weighted by Crippen LogP contribution is -2.09. The molecule has 0 bridgehead atoms. The Kier molecular flexibility index (Phi) is 4.47. The van der Waals surface area contributed by atoms with Gasteiger partial charge in [0.2, 0.25) is 11.6 Å². The number of hydrogen-bond donors (Lipinski definition) is 2. The van der Waals surface area contributed by atoms with Crippen LogP contribution < -0.4 is 10.6 Å². The molecule has 0 amide bonds. The van der Waals surface area contributed by atoms with Gasteiger partial charge in [0.05, 0.1) is 23.3 Å². The minimum Gasteiger partial charge on any atom is -0.465 e. The van der Waals surface area contributed by atoms with Gasteiger partial charge in [0.15, 0.2) is 0 Å². The molecule has 0 aliphatic heterocycles. The third-order valence-corrected chi connectivity index (χ3v) is 2.83. The van der Waals surface area contributed by atoms with Gasteiger partial charge in [-0.3, -0.25) is 10.1 Å². The number of hydrogen-bond acceptors (Lipinski definition) is 8. The number of nitro groups is 1. The van der Waals surface area contributed by atoms with E-state index in [0.29, 0.717) is 5.69 Å². The number of aromatic nitrogens is 2. The highest BCUT2D eigenvalue weighted by molar-refractivity contribution is 5.96. The molecule has 9 heteroatoms. The molecule has 0 unspecified atom stereocenters. The van der Waals surface area contributed by atoms with Gasteiger partial charge in [-0.05, 0) is 12.1 Å². The molecule has 0 spiro atoms. The van der Waals surface area contributed by atoms with E-state index in [0.717, 1.165) is 0 Å². The van der Waals surface area contributed by atoms with E-state index < -0.39 is 10.9 Å². The van der Waals surface area contributed by atoms with Gasteiger partial charge in [0.25, 0.3) is 0 Å². The van der Waals surface area contributed by atoms with Crippen LogP contribution in [-0.4, -0.2) is 35.0 Å². The molecule has 0 radical (unpaired) electrons. The van der Waals surface area contributed by atoms with Crippen LogP contribution in [-0.2, 0) is 4.74 Å². The molecule has 1 aromatic heterocycles. The Hall–Kier alpha value is -3.23. The minimum absolute atomic E-state index is 0.0271. The number of esters is 1. The normalized spacial score (nSPS) is 9.91. The smallest absolute Gasteiger partial charge is 0.353 e. The van der Waals surface area contributed by atoms with Crippen molar-refractivity contribution in [2.24, 2.45) is 0 Å². The first-order valence-corrected chi connectivity index (χ1v) is 6.20. The highest BCUT2D eigenvalue weighted by Crippen LogP contribution is 2.31. The third-order valence-electron chi connectivity index (χ3n) is 2.83.